The summed E-state index contributed by atoms with van der Waals surface area (Å²) in [4.78, 5) is 12.0. The minimum atomic E-state index is -0.431. The Balaban J connectivity index is 1.86. The molecule has 0 aliphatic rings. The van der Waals surface area contributed by atoms with E-state index in [0.717, 1.165) is 17.0 Å². The molecule has 0 radical (unpaired) electrons. The zero-order chi connectivity index (χ0) is 16.7. The van der Waals surface area contributed by atoms with Crippen LogP contribution in [0.2, 0.25) is 5.02 Å². The van der Waals surface area contributed by atoms with Crippen LogP contribution in [-0.4, -0.2) is 25.3 Å². The highest BCUT2D eigenvalue weighted by Gasteiger charge is 2.11. The van der Waals surface area contributed by atoms with Gasteiger partial charge in [-0.25, -0.2) is 5.43 Å². The Morgan fingerprint density at radius 3 is 2.65 bits per heavy atom. The molecule has 0 saturated heterocycles. The SMILES string of the molecule is COc1ccc(NC(C)C(=O)NN=Cc2cccc(Cl)c2)cc1. The number of hydrogen-bond donors (Lipinski definition) is 2. The number of carbonyl (C=O) groups excluding carboxylic acids is 1. The van der Waals surface area contributed by atoms with E-state index in [1.165, 1.54) is 0 Å². The van der Waals surface area contributed by atoms with Gasteiger partial charge in [0, 0.05) is 10.7 Å². The van der Waals surface area contributed by atoms with Crippen LogP contribution < -0.4 is 15.5 Å². The molecule has 2 aromatic carbocycles. The Hall–Kier alpha value is -2.53. The van der Waals surface area contributed by atoms with Gasteiger partial charge in [0.15, 0.2) is 0 Å². The zero-order valence-corrected chi connectivity index (χ0v) is 13.7. The maximum atomic E-state index is 12.0. The van der Waals surface area contributed by atoms with E-state index >= 15 is 0 Å². The van der Waals surface area contributed by atoms with Crippen LogP contribution in [0.15, 0.2) is 53.6 Å². The molecule has 0 bridgehead atoms. The van der Waals surface area contributed by atoms with Gasteiger partial charge in [0.2, 0.25) is 0 Å². The Morgan fingerprint density at radius 1 is 1.26 bits per heavy atom. The molecule has 0 fully saturated rings. The topological polar surface area (TPSA) is 62.7 Å². The highest BCUT2D eigenvalue weighted by molar-refractivity contribution is 6.30. The molecule has 0 spiro atoms. The van der Waals surface area contributed by atoms with Gasteiger partial charge < -0.3 is 10.1 Å². The Labute approximate surface area is 140 Å². The second kappa shape index (κ2) is 8.19. The van der Waals surface area contributed by atoms with E-state index in [9.17, 15) is 4.79 Å². The molecule has 2 rings (SSSR count). The Bertz CT molecular complexity index is 686. The fourth-order valence-corrected chi connectivity index (χ4v) is 2.06. The molecule has 0 aliphatic carbocycles. The smallest absolute Gasteiger partial charge is 0.262 e. The van der Waals surface area contributed by atoms with Crippen molar-refractivity contribution in [3.05, 3.63) is 59.1 Å². The maximum Gasteiger partial charge on any atom is 0.262 e. The van der Waals surface area contributed by atoms with E-state index in [-0.39, 0.29) is 5.91 Å². The fourth-order valence-electron chi connectivity index (χ4n) is 1.86. The second-order valence-corrected chi connectivity index (χ2v) is 5.32. The lowest BCUT2D eigenvalue weighted by Crippen LogP contribution is -2.34. The lowest BCUT2D eigenvalue weighted by Gasteiger charge is -2.13. The number of carbonyl (C=O) groups is 1. The number of halogens is 1. The average Bonchev–Trinajstić information content (AvgIpc) is 2.55. The van der Waals surface area contributed by atoms with E-state index in [2.05, 4.69) is 15.8 Å². The molecule has 1 unspecified atom stereocenters. The molecule has 1 amide bonds. The van der Waals surface area contributed by atoms with Gasteiger partial charge in [-0.1, -0.05) is 23.7 Å². The number of methoxy groups -OCH3 is 1. The predicted molar refractivity (Wildman–Crippen MR) is 93.3 cm³/mol. The van der Waals surface area contributed by atoms with E-state index in [1.807, 2.05) is 36.4 Å². The first kappa shape index (κ1) is 16.8. The van der Waals surface area contributed by atoms with Crippen molar-refractivity contribution in [3.63, 3.8) is 0 Å². The molecular weight excluding hydrogens is 314 g/mol. The second-order valence-electron chi connectivity index (χ2n) is 4.88. The average molecular weight is 332 g/mol. The van der Waals surface area contributed by atoms with Crippen molar-refractivity contribution in [2.75, 3.05) is 12.4 Å². The number of rotatable bonds is 6. The van der Waals surface area contributed by atoms with Crippen molar-refractivity contribution in [2.24, 2.45) is 5.10 Å². The van der Waals surface area contributed by atoms with E-state index in [4.69, 9.17) is 16.3 Å². The highest BCUT2D eigenvalue weighted by atomic mass is 35.5. The van der Waals surface area contributed by atoms with Gasteiger partial charge in [0.25, 0.3) is 5.91 Å². The van der Waals surface area contributed by atoms with E-state index < -0.39 is 6.04 Å². The number of benzene rings is 2. The summed E-state index contributed by atoms with van der Waals surface area (Å²) in [5, 5.41) is 7.64. The van der Waals surface area contributed by atoms with E-state index in [0.29, 0.717) is 5.02 Å². The largest absolute Gasteiger partial charge is 0.497 e. The van der Waals surface area contributed by atoms with Crippen LogP contribution in [-0.2, 0) is 4.79 Å². The Morgan fingerprint density at radius 2 is 2.00 bits per heavy atom. The van der Waals surface area contributed by atoms with Crippen molar-refractivity contribution in [3.8, 4) is 5.75 Å². The minimum absolute atomic E-state index is 0.237. The van der Waals surface area contributed by atoms with Crippen LogP contribution in [0, 0.1) is 0 Å². The van der Waals surface area contributed by atoms with Gasteiger partial charge in [0.05, 0.1) is 13.3 Å². The zero-order valence-electron chi connectivity index (χ0n) is 12.9. The summed E-state index contributed by atoms with van der Waals surface area (Å²) >= 11 is 5.88. The molecule has 5 nitrogen and oxygen atoms in total. The third-order valence-corrected chi connectivity index (χ3v) is 3.34. The van der Waals surface area contributed by atoms with Gasteiger partial charge in [-0.3, -0.25) is 4.79 Å². The number of amides is 1. The number of nitrogens with one attached hydrogen (secondary N) is 2. The normalized spacial score (nSPS) is 12.0. The first-order valence-electron chi connectivity index (χ1n) is 7.07. The number of anilines is 1. The van der Waals surface area contributed by atoms with Gasteiger partial charge >= 0.3 is 0 Å². The molecule has 120 valence electrons. The summed E-state index contributed by atoms with van der Waals surface area (Å²) in [5.41, 5.74) is 4.13. The first-order valence-corrected chi connectivity index (χ1v) is 7.45. The van der Waals surface area contributed by atoms with Gasteiger partial charge in [0.1, 0.15) is 11.8 Å². The number of hydrazone groups is 1. The van der Waals surface area contributed by atoms with Crippen LogP contribution >= 0.6 is 11.6 Å². The minimum Gasteiger partial charge on any atom is -0.497 e. The fraction of sp³-hybridized carbons (Fsp3) is 0.176. The van der Waals surface area contributed by atoms with Crippen molar-refractivity contribution in [1.82, 2.24) is 5.43 Å². The number of nitrogens with zero attached hydrogens (tertiary/aromatic N) is 1. The molecular formula is C17H18ClN3O2. The summed E-state index contributed by atoms with van der Waals surface area (Å²) in [5.74, 6) is 0.526. The lowest BCUT2D eigenvalue weighted by molar-refractivity contribution is -0.121. The summed E-state index contributed by atoms with van der Waals surface area (Å²) in [6.07, 6.45) is 1.55. The van der Waals surface area contributed by atoms with Crippen molar-refractivity contribution in [2.45, 2.75) is 13.0 Å². The predicted octanol–water partition coefficient (Wildman–Crippen LogP) is 3.30. The summed E-state index contributed by atoms with van der Waals surface area (Å²) in [6, 6.07) is 14.1. The third-order valence-electron chi connectivity index (χ3n) is 3.10. The summed E-state index contributed by atoms with van der Waals surface area (Å²) in [7, 11) is 1.61. The van der Waals surface area contributed by atoms with Gasteiger partial charge in [-0.05, 0) is 48.9 Å². The van der Waals surface area contributed by atoms with Crippen molar-refractivity contribution >= 4 is 29.4 Å². The molecule has 0 heterocycles. The van der Waals surface area contributed by atoms with Crippen molar-refractivity contribution in [1.29, 1.82) is 0 Å². The standard InChI is InChI=1S/C17H18ClN3O2/c1-12(20-15-6-8-16(23-2)9-7-15)17(22)21-19-11-13-4-3-5-14(18)10-13/h3-12,20H,1-2H3,(H,21,22). The third kappa shape index (κ3) is 5.30. The van der Waals surface area contributed by atoms with Crippen LogP contribution in [0.1, 0.15) is 12.5 Å². The number of ether oxygens (including phenoxy) is 1. The van der Waals surface area contributed by atoms with Crippen LogP contribution in [0.25, 0.3) is 0 Å². The molecule has 2 aromatic rings. The molecule has 6 heteroatoms. The van der Waals surface area contributed by atoms with Gasteiger partial charge in [-0.15, -0.1) is 0 Å². The first-order chi connectivity index (χ1) is 11.1. The van der Waals surface area contributed by atoms with Crippen LogP contribution in [0.5, 0.6) is 5.75 Å². The van der Waals surface area contributed by atoms with Crippen LogP contribution in [0.4, 0.5) is 5.69 Å². The van der Waals surface area contributed by atoms with Crippen LogP contribution in [0.3, 0.4) is 0 Å². The molecule has 0 aromatic heterocycles. The molecule has 23 heavy (non-hydrogen) atoms. The van der Waals surface area contributed by atoms with E-state index in [1.54, 1.807) is 32.4 Å². The summed E-state index contributed by atoms with van der Waals surface area (Å²) in [6.45, 7) is 1.76. The quantitative estimate of drug-likeness (QED) is 0.630. The molecule has 1 atom stereocenters. The van der Waals surface area contributed by atoms with Gasteiger partial charge in [-0.2, -0.15) is 5.10 Å². The molecule has 0 aliphatic heterocycles. The summed E-state index contributed by atoms with van der Waals surface area (Å²) < 4.78 is 5.09. The number of hydrogen-bond acceptors (Lipinski definition) is 4. The highest BCUT2D eigenvalue weighted by Crippen LogP contribution is 2.15. The monoisotopic (exact) mass is 331 g/mol. The Kier molecular flexibility index (Phi) is 6.00. The molecule has 0 saturated carbocycles. The van der Waals surface area contributed by atoms with Crippen molar-refractivity contribution < 1.29 is 9.53 Å². The lowest BCUT2D eigenvalue weighted by atomic mass is 10.2. The molecule has 2 N–H and O–H groups in total. The maximum absolute atomic E-state index is 12.0.